The van der Waals surface area contributed by atoms with Gasteiger partial charge in [0.25, 0.3) is 5.91 Å². The molecule has 1 aliphatic heterocycles. The summed E-state index contributed by atoms with van der Waals surface area (Å²) in [6.07, 6.45) is 1.76. The molecule has 8 heteroatoms. The Morgan fingerprint density at radius 2 is 2.28 bits per heavy atom. The van der Waals surface area contributed by atoms with Crippen LogP contribution in [-0.4, -0.2) is 36.9 Å². The van der Waals surface area contributed by atoms with E-state index in [-0.39, 0.29) is 28.3 Å². The highest BCUT2D eigenvalue weighted by atomic mass is 35.5. The smallest absolute Gasteiger partial charge is 0.254 e. The Bertz CT molecular complexity index is 588. The van der Waals surface area contributed by atoms with Crippen molar-refractivity contribution >= 4 is 33.0 Å². The maximum atomic E-state index is 11.9. The minimum atomic E-state index is -3.03. The van der Waals surface area contributed by atoms with E-state index in [2.05, 4.69) is 10.3 Å². The second-order valence-electron chi connectivity index (χ2n) is 4.18. The van der Waals surface area contributed by atoms with Crippen LogP contribution in [0, 0.1) is 0 Å². The standard InChI is InChI=1S/C10H12ClN3O3S/c11-9-8(3-6(12)4-13-9)10(15)14-7-1-2-18(16,17)5-7/h3-4,7H,1-2,5,12H2,(H,14,15). The number of hydrogen-bond acceptors (Lipinski definition) is 5. The number of pyridine rings is 1. The van der Waals surface area contributed by atoms with Crippen LogP contribution in [0.2, 0.25) is 5.15 Å². The van der Waals surface area contributed by atoms with Crippen LogP contribution in [0.15, 0.2) is 12.3 Å². The molecule has 1 aromatic rings. The molecule has 98 valence electrons. The fraction of sp³-hybridized carbons (Fsp3) is 0.400. The van der Waals surface area contributed by atoms with Crippen molar-refractivity contribution in [2.24, 2.45) is 0 Å². The number of carbonyl (C=O) groups is 1. The fourth-order valence-corrected chi connectivity index (χ4v) is 3.66. The Morgan fingerprint density at radius 3 is 2.89 bits per heavy atom. The van der Waals surface area contributed by atoms with Crippen LogP contribution in [0.1, 0.15) is 16.8 Å². The first kappa shape index (κ1) is 13.1. The summed E-state index contributed by atoms with van der Waals surface area (Å²) in [6, 6.07) is 1.04. The van der Waals surface area contributed by atoms with Crippen LogP contribution >= 0.6 is 11.6 Å². The normalized spacial score (nSPS) is 21.7. The molecule has 0 saturated carbocycles. The van der Waals surface area contributed by atoms with E-state index in [4.69, 9.17) is 17.3 Å². The Balaban J connectivity index is 2.11. The summed E-state index contributed by atoms with van der Waals surface area (Å²) in [4.78, 5) is 15.7. The maximum absolute atomic E-state index is 11.9. The fourth-order valence-electron chi connectivity index (χ4n) is 1.80. The predicted molar refractivity (Wildman–Crippen MR) is 68.2 cm³/mol. The van der Waals surface area contributed by atoms with Crippen LogP contribution in [-0.2, 0) is 9.84 Å². The van der Waals surface area contributed by atoms with Gasteiger partial charge >= 0.3 is 0 Å². The topological polar surface area (TPSA) is 102 Å². The lowest BCUT2D eigenvalue weighted by Gasteiger charge is -2.11. The van der Waals surface area contributed by atoms with Gasteiger partial charge in [0.15, 0.2) is 9.84 Å². The summed E-state index contributed by atoms with van der Waals surface area (Å²) >= 11 is 5.79. The summed E-state index contributed by atoms with van der Waals surface area (Å²) < 4.78 is 22.5. The van der Waals surface area contributed by atoms with E-state index in [1.54, 1.807) is 0 Å². The van der Waals surface area contributed by atoms with Crippen molar-refractivity contribution in [1.82, 2.24) is 10.3 Å². The second kappa shape index (κ2) is 4.74. The Kier molecular flexibility index (Phi) is 3.45. The van der Waals surface area contributed by atoms with Crippen molar-refractivity contribution in [2.45, 2.75) is 12.5 Å². The number of rotatable bonds is 2. The van der Waals surface area contributed by atoms with E-state index in [0.717, 1.165) is 0 Å². The van der Waals surface area contributed by atoms with Gasteiger partial charge in [0.1, 0.15) is 5.15 Å². The summed E-state index contributed by atoms with van der Waals surface area (Å²) in [6.45, 7) is 0. The number of nitrogen functional groups attached to an aromatic ring is 1. The average molecular weight is 290 g/mol. The average Bonchev–Trinajstić information content (AvgIpc) is 2.61. The highest BCUT2D eigenvalue weighted by Gasteiger charge is 2.29. The van der Waals surface area contributed by atoms with Crippen molar-refractivity contribution in [3.8, 4) is 0 Å². The number of anilines is 1. The summed E-state index contributed by atoms with van der Waals surface area (Å²) in [5.41, 5.74) is 6.00. The molecule has 1 atom stereocenters. The highest BCUT2D eigenvalue weighted by Crippen LogP contribution is 2.17. The Morgan fingerprint density at radius 1 is 1.56 bits per heavy atom. The number of nitrogens with two attached hydrogens (primary N) is 1. The molecular formula is C10H12ClN3O3S. The van der Waals surface area contributed by atoms with Gasteiger partial charge in [-0.2, -0.15) is 0 Å². The SMILES string of the molecule is Nc1cnc(Cl)c(C(=O)NC2CCS(=O)(=O)C2)c1. The third kappa shape index (κ3) is 2.91. The van der Waals surface area contributed by atoms with Crippen LogP contribution in [0.25, 0.3) is 0 Å². The first-order chi connectivity index (χ1) is 8.37. The molecule has 1 unspecified atom stereocenters. The number of hydrogen-bond donors (Lipinski definition) is 2. The third-order valence-electron chi connectivity index (χ3n) is 2.67. The number of halogens is 1. The molecule has 1 amide bonds. The van der Waals surface area contributed by atoms with Gasteiger partial charge in [-0.25, -0.2) is 13.4 Å². The molecule has 0 bridgehead atoms. The monoisotopic (exact) mass is 289 g/mol. The Hall–Kier alpha value is -1.34. The van der Waals surface area contributed by atoms with E-state index in [1.807, 2.05) is 0 Å². The number of carbonyl (C=O) groups excluding carboxylic acids is 1. The number of nitrogens with zero attached hydrogens (tertiary/aromatic N) is 1. The lowest BCUT2D eigenvalue weighted by atomic mass is 10.2. The van der Waals surface area contributed by atoms with Crippen LogP contribution in [0.4, 0.5) is 5.69 Å². The molecule has 0 spiro atoms. The van der Waals surface area contributed by atoms with Gasteiger partial charge in [-0.15, -0.1) is 0 Å². The molecule has 6 nitrogen and oxygen atoms in total. The number of amides is 1. The molecule has 1 saturated heterocycles. The van der Waals surface area contributed by atoms with E-state index in [0.29, 0.717) is 12.1 Å². The maximum Gasteiger partial charge on any atom is 0.254 e. The van der Waals surface area contributed by atoms with Gasteiger partial charge in [0.05, 0.1) is 29.0 Å². The van der Waals surface area contributed by atoms with Gasteiger partial charge in [-0.3, -0.25) is 4.79 Å². The molecule has 1 fully saturated rings. The van der Waals surface area contributed by atoms with Gasteiger partial charge < -0.3 is 11.1 Å². The molecule has 18 heavy (non-hydrogen) atoms. The predicted octanol–water partition coefficient (Wildman–Crippen LogP) is 0.234. The quantitative estimate of drug-likeness (QED) is 0.759. The van der Waals surface area contributed by atoms with Crippen LogP contribution in [0.3, 0.4) is 0 Å². The lowest BCUT2D eigenvalue weighted by Crippen LogP contribution is -2.35. The van der Waals surface area contributed by atoms with Crippen molar-refractivity contribution in [2.75, 3.05) is 17.2 Å². The van der Waals surface area contributed by atoms with Crippen LogP contribution in [0.5, 0.6) is 0 Å². The molecular weight excluding hydrogens is 278 g/mol. The number of nitrogens with one attached hydrogen (secondary N) is 1. The minimum absolute atomic E-state index is 0.0356. The van der Waals surface area contributed by atoms with Crippen molar-refractivity contribution in [3.05, 3.63) is 23.0 Å². The van der Waals surface area contributed by atoms with Gasteiger partial charge in [0.2, 0.25) is 0 Å². The third-order valence-corrected chi connectivity index (χ3v) is 4.74. The summed E-state index contributed by atoms with van der Waals surface area (Å²) in [7, 11) is -3.03. The minimum Gasteiger partial charge on any atom is -0.397 e. The van der Waals surface area contributed by atoms with Gasteiger partial charge in [-0.1, -0.05) is 11.6 Å². The van der Waals surface area contributed by atoms with Gasteiger partial charge in [0, 0.05) is 6.04 Å². The first-order valence-corrected chi connectivity index (χ1v) is 7.49. The van der Waals surface area contributed by atoms with E-state index in [1.165, 1.54) is 12.3 Å². The summed E-state index contributed by atoms with van der Waals surface area (Å²) in [5.74, 6) is -0.394. The first-order valence-electron chi connectivity index (χ1n) is 5.30. The van der Waals surface area contributed by atoms with Crippen molar-refractivity contribution in [3.63, 3.8) is 0 Å². The molecule has 1 aliphatic rings. The van der Waals surface area contributed by atoms with E-state index < -0.39 is 15.7 Å². The zero-order valence-electron chi connectivity index (χ0n) is 9.39. The van der Waals surface area contributed by atoms with E-state index >= 15 is 0 Å². The summed E-state index contributed by atoms with van der Waals surface area (Å²) in [5, 5.41) is 2.66. The zero-order valence-corrected chi connectivity index (χ0v) is 11.0. The molecule has 0 radical (unpaired) electrons. The molecule has 2 heterocycles. The highest BCUT2D eigenvalue weighted by molar-refractivity contribution is 7.91. The van der Waals surface area contributed by atoms with E-state index in [9.17, 15) is 13.2 Å². The zero-order chi connectivity index (χ0) is 13.3. The van der Waals surface area contributed by atoms with Crippen LogP contribution < -0.4 is 11.1 Å². The largest absolute Gasteiger partial charge is 0.397 e. The second-order valence-corrected chi connectivity index (χ2v) is 6.77. The lowest BCUT2D eigenvalue weighted by molar-refractivity contribution is 0.0941. The molecule has 3 N–H and O–H groups in total. The molecule has 1 aromatic heterocycles. The number of aromatic nitrogens is 1. The molecule has 0 aliphatic carbocycles. The molecule has 2 rings (SSSR count). The van der Waals surface area contributed by atoms with Gasteiger partial charge in [-0.05, 0) is 12.5 Å². The Labute approximate surface area is 109 Å². The molecule has 0 aromatic carbocycles. The number of sulfone groups is 1. The van der Waals surface area contributed by atoms with Crippen molar-refractivity contribution < 1.29 is 13.2 Å². The van der Waals surface area contributed by atoms with Crippen molar-refractivity contribution in [1.29, 1.82) is 0 Å².